The summed E-state index contributed by atoms with van der Waals surface area (Å²) in [7, 11) is 1.65. The van der Waals surface area contributed by atoms with Crippen LogP contribution in [0, 0.1) is 0 Å². The number of hydrogen-bond acceptors (Lipinski definition) is 4. The van der Waals surface area contributed by atoms with E-state index in [4.69, 9.17) is 15.2 Å². The van der Waals surface area contributed by atoms with Crippen LogP contribution in [0.25, 0.3) is 0 Å². The van der Waals surface area contributed by atoms with Crippen LogP contribution in [0.5, 0.6) is 5.75 Å². The molecule has 1 aliphatic heterocycles. The Hall–Kier alpha value is -1.79. The number of nitrogens with zero attached hydrogens (tertiary/aromatic N) is 2. The Morgan fingerprint density at radius 2 is 2.05 bits per heavy atom. The lowest BCUT2D eigenvalue weighted by atomic mass is 10.3. The number of benzene rings is 1. The van der Waals surface area contributed by atoms with Crippen molar-refractivity contribution < 1.29 is 9.47 Å². The summed E-state index contributed by atoms with van der Waals surface area (Å²) in [5.74, 6) is 1.27. The molecule has 1 aromatic carbocycles. The minimum atomic E-state index is 0.446. The summed E-state index contributed by atoms with van der Waals surface area (Å²) in [5.41, 5.74) is 6.78. The standard InChI is InChI=1S/C15H24N4O2/c1-20-14-5-3-13(4-6-14)18-15(16)17-7-2-8-19-9-11-21-12-10-19/h3-6H,2,7-12H2,1H3,(H3,16,17,18). The lowest BCUT2D eigenvalue weighted by Gasteiger charge is -2.26. The van der Waals surface area contributed by atoms with Crippen molar-refractivity contribution in [2.24, 2.45) is 10.7 Å². The first-order chi connectivity index (χ1) is 10.3. The van der Waals surface area contributed by atoms with Crippen LogP contribution in [0.1, 0.15) is 6.42 Å². The molecule has 0 saturated carbocycles. The Balaban J connectivity index is 1.68. The van der Waals surface area contributed by atoms with Crippen LogP contribution in [0.3, 0.4) is 0 Å². The molecule has 1 aromatic rings. The lowest BCUT2D eigenvalue weighted by Crippen LogP contribution is -2.37. The summed E-state index contributed by atoms with van der Waals surface area (Å²) in [6.07, 6.45) is 1.00. The van der Waals surface area contributed by atoms with Gasteiger partial charge < -0.3 is 20.5 Å². The number of aliphatic imine (C=N–C) groups is 1. The van der Waals surface area contributed by atoms with Gasteiger partial charge in [0.2, 0.25) is 0 Å². The van der Waals surface area contributed by atoms with Crippen LogP contribution in [-0.4, -0.2) is 57.4 Å². The van der Waals surface area contributed by atoms with Gasteiger partial charge in [0.15, 0.2) is 5.96 Å². The van der Waals surface area contributed by atoms with E-state index in [1.807, 2.05) is 24.3 Å². The molecular formula is C15H24N4O2. The second-order valence-electron chi connectivity index (χ2n) is 4.93. The molecule has 0 atom stereocenters. The number of nitrogens with one attached hydrogen (secondary N) is 1. The predicted octanol–water partition coefficient (Wildman–Crippen LogP) is 1.14. The van der Waals surface area contributed by atoms with E-state index >= 15 is 0 Å². The van der Waals surface area contributed by atoms with Crippen molar-refractivity contribution in [3.05, 3.63) is 24.3 Å². The zero-order valence-corrected chi connectivity index (χ0v) is 12.5. The molecule has 0 aromatic heterocycles. The normalized spacial score (nSPS) is 16.7. The summed E-state index contributed by atoms with van der Waals surface area (Å²) in [6.45, 7) is 5.48. The first-order valence-electron chi connectivity index (χ1n) is 7.29. The maximum absolute atomic E-state index is 5.87. The highest BCUT2D eigenvalue weighted by Gasteiger charge is 2.08. The maximum atomic E-state index is 5.87. The molecule has 0 bridgehead atoms. The van der Waals surface area contributed by atoms with Crippen LogP contribution in [-0.2, 0) is 4.74 Å². The molecule has 6 heteroatoms. The van der Waals surface area contributed by atoms with Gasteiger partial charge in [-0.05, 0) is 30.7 Å². The van der Waals surface area contributed by atoms with Gasteiger partial charge in [0, 0.05) is 31.9 Å². The molecule has 1 fully saturated rings. The number of hydrogen-bond donors (Lipinski definition) is 2. The number of rotatable bonds is 6. The Morgan fingerprint density at radius 1 is 1.33 bits per heavy atom. The topological polar surface area (TPSA) is 72.1 Å². The van der Waals surface area contributed by atoms with Gasteiger partial charge in [-0.2, -0.15) is 0 Å². The van der Waals surface area contributed by atoms with Crippen molar-refractivity contribution in [3.8, 4) is 5.75 Å². The van der Waals surface area contributed by atoms with E-state index in [0.717, 1.165) is 57.3 Å². The maximum Gasteiger partial charge on any atom is 0.193 e. The Kier molecular flexibility index (Phi) is 6.30. The third kappa shape index (κ3) is 5.61. The van der Waals surface area contributed by atoms with Crippen LogP contribution < -0.4 is 15.8 Å². The first kappa shape index (κ1) is 15.6. The summed E-state index contributed by atoms with van der Waals surface area (Å²) < 4.78 is 10.4. The van der Waals surface area contributed by atoms with Crippen molar-refractivity contribution in [2.75, 3.05) is 51.8 Å². The van der Waals surface area contributed by atoms with Crippen molar-refractivity contribution in [1.82, 2.24) is 4.90 Å². The monoisotopic (exact) mass is 292 g/mol. The highest BCUT2D eigenvalue weighted by Crippen LogP contribution is 2.14. The van der Waals surface area contributed by atoms with Crippen molar-refractivity contribution in [3.63, 3.8) is 0 Å². The van der Waals surface area contributed by atoms with E-state index < -0.39 is 0 Å². The van der Waals surface area contributed by atoms with Gasteiger partial charge >= 0.3 is 0 Å². The van der Waals surface area contributed by atoms with Gasteiger partial charge in [-0.1, -0.05) is 0 Å². The van der Waals surface area contributed by atoms with Crippen molar-refractivity contribution in [2.45, 2.75) is 6.42 Å². The second kappa shape index (κ2) is 8.49. The van der Waals surface area contributed by atoms with E-state index in [9.17, 15) is 0 Å². The third-order valence-corrected chi connectivity index (χ3v) is 3.38. The largest absolute Gasteiger partial charge is 0.497 e. The summed E-state index contributed by atoms with van der Waals surface area (Å²) >= 11 is 0. The molecule has 2 rings (SSSR count). The zero-order valence-electron chi connectivity index (χ0n) is 12.5. The summed E-state index contributed by atoms with van der Waals surface area (Å²) in [6, 6.07) is 7.59. The van der Waals surface area contributed by atoms with Crippen molar-refractivity contribution in [1.29, 1.82) is 0 Å². The average molecular weight is 292 g/mol. The van der Waals surface area contributed by atoms with Crippen LogP contribution in [0.15, 0.2) is 29.3 Å². The number of nitrogens with two attached hydrogens (primary N) is 1. The highest BCUT2D eigenvalue weighted by atomic mass is 16.5. The van der Waals surface area contributed by atoms with E-state index in [2.05, 4.69) is 15.2 Å². The molecule has 0 spiro atoms. The lowest BCUT2D eigenvalue weighted by molar-refractivity contribution is 0.0377. The molecule has 21 heavy (non-hydrogen) atoms. The fourth-order valence-corrected chi connectivity index (χ4v) is 2.18. The molecule has 116 valence electrons. The molecule has 0 aliphatic carbocycles. The highest BCUT2D eigenvalue weighted by molar-refractivity contribution is 5.92. The zero-order chi connectivity index (χ0) is 14.9. The van der Waals surface area contributed by atoms with Crippen LogP contribution in [0.4, 0.5) is 5.69 Å². The Bertz CT molecular complexity index is 441. The number of guanidine groups is 1. The SMILES string of the molecule is COc1ccc(NC(N)=NCCCN2CCOCC2)cc1. The fraction of sp³-hybridized carbons (Fsp3) is 0.533. The predicted molar refractivity (Wildman–Crippen MR) is 85.0 cm³/mol. The van der Waals surface area contributed by atoms with E-state index in [0.29, 0.717) is 5.96 Å². The molecule has 3 N–H and O–H groups in total. The molecule has 0 unspecified atom stereocenters. The fourth-order valence-electron chi connectivity index (χ4n) is 2.18. The van der Waals surface area contributed by atoms with Gasteiger partial charge in [0.25, 0.3) is 0 Å². The van der Waals surface area contributed by atoms with Gasteiger partial charge in [-0.15, -0.1) is 0 Å². The van der Waals surface area contributed by atoms with E-state index in [1.54, 1.807) is 7.11 Å². The number of anilines is 1. The number of morpholine rings is 1. The minimum absolute atomic E-state index is 0.446. The van der Waals surface area contributed by atoms with E-state index in [1.165, 1.54) is 0 Å². The number of methoxy groups -OCH3 is 1. The molecule has 1 saturated heterocycles. The van der Waals surface area contributed by atoms with Gasteiger partial charge in [-0.25, -0.2) is 0 Å². The minimum Gasteiger partial charge on any atom is -0.497 e. The average Bonchev–Trinajstić information content (AvgIpc) is 2.53. The van der Waals surface area contributed by atoms with Gasteiger partial charge in [0.1, 0.15) is 5.75 Å². The number of ether oxygens (including phenoxy) is 2. The van der Waals surface area contributed by atoms with Crippen LogP contribution >= 0.6 is 0 Å². The third-order valence-electron chi connectivity index (χ3n) is 3.38. The van der Waals surface area contributed by atoms with Gasteiger partial charge in [0.05, 0.1) is 20.3 Å². The van der Waals surface area contributed by atoms with Crippen LogP contribution in [0.2, 0.25) is 0 Å². The second-order valence-corrected chi connectivity index (χ2v) is 4.93. The molecule has 6 nitrogen and oxygen atoms in total. The molecule has 1 heterocycles. The molecule has 0 amide bonds. The summed E-state index contributed by atoms with van der Waals surface area (Å²) in [5, 5.41) is 3.07. The molecule has 0 radical (unpaired) electrons. The summed E-state index contributed by atoms with van der Waals surface area (Å²) in [4.78, 5) is 6.74. The molecular weight excluding hydrogens is 268 g/mol. The first-order valence-corrected chi connectivity index (χ1v) is 7.29. The quantitative estimate of drug-likeness (QED) is 0.467. The van der Waals surface area contributed by atoms with E-state index in [-0.39, 0.29) is 0 Å². The van der Waals surface area contributed by atoms with Crippen molar-refractivity contribution >= 4 is 11.6 Å². The van der Waals surface area contributed by atoms with Gasteiger partial charge in [-0.3, -0.25) is 9.89 Å². The molecule has 1 aliphatic rings. The Morgan fingerprint density at radius 3 is 2.71 bits per heavy atom. The smallest absolute Gasteiger partial charge is 0.193 e. The Labute approximate surface area is 125 Å².